The molecule has 1 amide bonds. The largest absolute Gasteiger partial charge is 0.334 e. The van der Waals surface area contributed by atoms with Gasteiger partial charge >= 0.3 is 0 Å². The normalized spacial score (nSPS) is 20.9. The van der Waals surface area contributed by atoms with Crippen LogP contribution in [-0.4, -0.2) is 67.5 Å². The molecular weight excluding hydrogens is 340 g/mol. The van der Waals surface area contributed by atoms with Crippen LogP contribution in [0.5, 0.6) is 0 Å². The van der Waals surface area contributed by atoms with Gasteiger partial charge in [-0.2, -0.15) is 10.2 Å². The van der Waals surface area contributed by atoms with E-state index < -0.39 is 0 Å². The third-order valence-corrected chi connectivity index (χ3v) is 5.85. The van der Waals surface area contributed by atoms with Crippen molar-refractivity contribution in [2.45, 2.75) is 39.4 Å². The molecule has 0 radical (unpaired) electrons. The minimum absolute atomic E-state index is 0.0247. The van der Waals surface area contributed by atoms with E-state index in [0.717, 1.165) is 31.0 Å². The number of halogens is 1. The maximum Gasteiger partial charge on any atom is 0.274 e. The lowest BCUT2D eigenvalue weighted by atomic mass is 10.1. The molecule has 0 N–H and O–H groups in total. The fraction of sp³-hybridized carbons (Fsp3) is 0.588. The van der Waals surface area contributed by atoms with Gasteiger partial charge in [-0.25, -0.2) is 4.68 Å². The summed E-state index contributed by atoms with van der Waals surface area (Å²) in [7, 11) is 0. The van der Waals surface area contributed by atoms with Crippen LogP contribution in [-0.2, 0) is 6.67 Å². The molecule has 0 spiro atoms. The van der Waals surface area contributed by atoms with Crippen molar-refractivity contribution in [3.05, 3.63) is 34.4 Å². The van der Waals surface area contributed by atoms with Crippen LogP contribution in [0, 0.1) is 13.8 Å². The number of carbonyl (C=O) groups excluding carboxylic acids is 1. The van der Waals surface area contributed by atoms with E-state index >= 15 is 0 Å². The number of fused-ring (bicyclic) bond motifs is 1. The van der Waals surface area contributed by atoms with Crippen LogP contribution in [0.2, 0.25) is 5.02 Å². The first-order valence-corrected chi connectivity index (χ1v) is 9.17. The number of aromatic nitrogens is 4. The molecule has 2 fully saturated rings. The summed E-state index contributed by atoms with van der Waals surface area (Å²) in [5, 5.41) is 9.54. The zero-order valence-corrected chi connectivity index (χ0v) is 15.4. The third-order valence-electron chi connectivity index (χ3n) is 5.31. The van der Waals surface area contributed by atoms with E-state index in [-0.39, 0.29) is 5.91 Å². The Bertz CT molecular complexity index is 797. The molecule has 0 saturated carbocycles. The van der Waals surface area contributed by atoms with Crippen LogP contribution < -0.4 is 0 Å². The predicted octanol–water partition coefficient (Wildman–Crippen LogP) is 1.78. The molecule has 2 aromatic rings. The van der Waals surface area contributed by atoms with Gasteiger partial charge < -0.3 is 4.90 Å². The average molecular weight is 363 g/mol. The highest BCUT2D eigenvalue weighted by Crippen LogP contribution is 2.22. The zero-order chi connectivity index (χ0) is 17.6. The molecule has 1 atom stereocenters. The van der Waals surface area contributed by atoms with Gasteiger partial charge in [0.2, 0.25) is 0 Å². The maximum atomic E-state index is 12.8. The number of aryl methyl sites for hydroxylation is 1. The van der Waals surface area contributed by atoms with Gasteiger partial charge in [0.1, 0.15) is 12.4 Å². The number of carbonyl (C=O) groups is 1. The summed E-state index contributed by atoms with van der Waals surface area (Å²) in [6.45, 7) is 8.01. The number of amides is 1. The van der Waals surface area contributed by atoms with E-state index in [1.807, 2.05) is 24.9 Å². The summed E-state index contributed by atoms with van der Waals surface area (Å²) in [6, 6.07) is 2.31. The highest BCUT2D eigenvalue weighted by Gasteiger charge is 2.33. The molecule has 2 saturated heterocycles. The van der Waals surface area contributed by atoms with Crippen molar-refractivity contribution in [3.63, 3.8) is 0 Å². The second-order valence-corrected chi connectivity index (χ2v) is 7.33. The molecule has 2 aromatic heterocycles. The van der Waals surface area contributed by atoms with Crippen molar-refractivity contribution < 1.29 is 4.79 Å². The minimum atomic E-state index is 0.0247. The van der Waals surface area contributed by atoms with Crippen molar-refractivity contribution in [3.8, 4) is 0 Å². The quantitative estimate of drug-likeness (QED) is 0.835. The maximum absolute atomic E-state index is 12.8. The fourth-order valence-electron chi connectivity index (χ4n) is 3.84. The van der Waals surface area contributed by atoms with Gasteiger partial charge in [0, 0.05) is 31.9 Å². The first kappa shape index (κ1) is 16.6. The molecule has 0 aromatic carbocycles. The Morgan fingerprint density at radius 3 is 2.88 bits per heavy atom. The van der Waals surface area contributed by atoms with Gasteiger partial charge in [0.05, 0.1) is 16.4 Å². The highest BCUT2D eigenvalue weighted by molar-refractivity contribution is 6.31. The standard InChI is InChI=1S/C17H23ClN6O/c1-12-16(18)13(2)24(19-12)11-23-7-5-15(20-23)17(25)22-9-8-21-6-3-4-14(21)10-22/h5,7,14H,3-4,6,8-11H2,1-2H3. The van der Waals surface area contributed by atoms with Crippen molar-refractivity contribution >= 4 is 17.5 Å². The molecule has 4 rings (SSSR count). The average Bonchev–Trinajstić information content (AvgIpc) is 3.31. The summed E-state index contributed by atoms with van der Waals surface area (Å²) in [5.41, 5.74) is 2.20. The summed E-state index contributed by atoms with van der Waals surface area (Å²) in [5.74, 6) is 0.0247. The Morgan fingerprint density at radius 1 is 1.28 bits per heavy atom. The Kier molecular flexibility index (Phi) is 4.29. The number of rotatable bonds is 3. The number of hydrogen-bond acceptors (Lipinski definition) is 4. The lowest BCUT2D eigenvalue weighted by Crippen LogP contribution is -2.52. The van der Waals surface area contributed by atoms with Crippen LogP contribution in [0.3, 0.4) is 0 Å². The molecule has 0 bridgehead atoms. The predicted molar refractivity (Wildman–Crippen MR) is 94.8 cm³/mol. The van der Waals surface area contributed by atoms with Crippen molar-refractivity contribution in [2.75, 3.05) is 26.2 Å². The van der Waals surface area contributed by atoms with Crippen LogP contribution >= 0.6 is 11.6 Å². The molecule has 134 valence electrons. The summed E-state index contributed by atoms with van der Waals surface area (Å²) in [6.07, 6.45) is 4.26. The fourth-order valence-corrected chi connectivity index (χ4v) is 3.98. The first-order chi connectivity index (χ1) is 12.0. The van der Waals surface area contributed by atoms with Crippen molar-refractivity contribution in [1.29, 1.82) is 0 Å². The number of piperazine rings is 1. The topological polar surface area (TPSA) is 59.2 Å². The summed E-state index contributed by atoms with van der Waals surface area (Å²) >= 11 is 6.19. The van der Waals surface area contributed by atoms with Crippen molar-refractivity contribution in [2.24, 2.45) is 0 Å². The SMILES string of the molecule is Cc1nn(Cn2ccc(C(=O)N3CCN4CCCC4C3)n2)c(C)c1Cl. The molecule has 1 unspecified atom stereocenters. The van der Waals surface area contributed by atoms with E-state index in [1.165, 1.54) is 19.4 Å². The van der Waals surface area contributed by atoms with Crippen LogP contribution in [0.1, 0.15) is 34.7 Å². The number of hydrogen-bond donors (Lipinski definition) is 0. The van der Waals surface area contributed by atoms with Gasteiger partial charge in [-0.3, -0.25) is 14.4 Å². The Balaban J connectivity index is 1.45. The molecule has 25 heavy (non-hydrogen) atoms. The first-order valence-electron chi connectivity index (χ1n) is 8.79. The molecule has 7 nitrogen and oxygen atoms in total. The second-order valence-electron chi connectivity index (χ2n) is 6.95. The van der Waals surface area contributed by atoms with Gasteiger partial charge in [-0.1, -0.05) is 11.6 Å². The lowest BCUT2D eigenvalue weighted by Gasteiger charge is -2.37. The second kappa shape index (κ2) is 6.46. The Morgan fingerprint density at radius 2 is 2.12 bits per heavy atom. The van der Waals surface area contributed by atoms with E-state index in [1.54, 1.807) is 15.4 Å². The van der Waals surface area contributed by atoms with Gasteiger partial charge in [-0.05, 0) is 39.3 Å². The van der Waals surface area contributed by atoms with Gasteiger partial charge in [0.25, 0.3) is 5.91 Å². The molecule has 4 heterocycles. The summed E-state index contributed by atoms with van der Waals surface area (Å²) in [4.78, 5) is 17.2. The minimum Gasteiger partial charge on any atom is -0.334 e. The third kappa shape index (κ3) is 3.06. The van der Waals surface area contributed by atoms with Crippen LogP contribution in [0.15, 0.2) is 12.3 Å². The monoisotopic (exact) mass is 362 g/mol. The molecule has 2 aliphatic rings. The van der Waals surface area contributed by atoms with Crippen LogP contribution in [0.25, 0.3) is 0 Å². The van der Waals surface area contributed by atoms with E-state index in [4.69, 9.17) is 11.6 Å². The number of nitrogens with zero attached hydrogens (tertiary/aromatic N) is 6. The smallest absolute Gasteiger partial charge is 0.274 e. The Hall–Kier alpha value is -1.86. The molecular formula is C17H23ClN6O. The summed E-state index contributed by atoms with van der Waals surface area (Å²) < 4.78 is 3.53. The van der Waals surface area contributed by atoms with E-state index in [0.29, 0.717) is 23.4 Å². The van der Waals surface area contributed by atoms with E-state index in [2.05, 4.69) is 15.1 Å². The van der Waals surface area contributed by atoms with Crippen molar-refractivity contribution in [1.82, 2.24) is 29.4 Å². The van der Waals surface area contributed by atoms with Gasteiger partial charge in [0.15, 0.2) is 0 Å². The highest BCUT2D eigenvalue weighted by atomic mass is 35.5. The Labute approximate surface area is 152 Å². The lowest BCUT2D eigenvalue weighted by molar-refractivity contribution is 0.0564. The molecule has 2 aliphatic heterocycles. The molecule has 0 aliphatic carbocycles. The van der Waals surface area contributed by atoms with Gasteiger partial charge in [-0.15, -0.1) is 0 Å². The zero-order valence-electron chi connectivity index (χ0n) is 14.7. The van der Waals surface area contributed by atoms with E-state index in [9.17, 15) is 4.79 Å². The molecule has 8 heteroatoms. The van der Waals surface area contributed by atoms with Crippen LogP contribution in [0.4, 0.5) is 0 Å².